The highest BCUT2D eigenvalue weighted by Crippen LogP contribution is 2.19. The van der Waals surface area contributed by atoms with Gasteiger partial charge in [-0.3, -0.25) is 4.79 Å². The summed E-state index contributed by atoms with van der Waals surface area (Å²) < 4.78 is 0. The smallest absolute Gasteiger partial charge is 0.323 e. The molecule has 5 nitrogen and oxygen atoms in total. The number of carboxylic acid groups (broad SMARTS) is 1. The van der Waals surface area contributed by atoms with Gasteiger partial charge in [-0.15, -0.1) is 0 Å². The van der Waals surface area contributed by atoms with Gasteiger partial charge in [-0.05, 0) is 17.7 Å². The second-order valence-electron chi connectivity index (χ2n) is 2.90. The van der Waals surface area contributed by atoms with Crippen molar-refractivity contribution >= 4 is 5.97 Å². The second-order valence-corrected chi connectivity index (χ2v) is 2.90. The molecule has 1 aromatic carbocycles. The van der Waals surface area contributed by atoms with Crippen LogP contribution < -0.4 is 5.73 Å². The molecule has 0 bridgehead atoms. The van der Waals surface area contributed by atoms with E-state index in [1.165, 1.54) is 24.3 Å². The molecule has 5 N–H and O–H groups in total. The standard InChI is InChI=1S/C9H11NO4/c10-7(9(13)14)8(12)5-2-1-3-6(11)4-5/h1-4,7-8,11-12H,10H2,(H,13,14)/t7-,8+/m1/s1. The third-order valence-corrected chi connectivity index (χ3v) is 1.84. The van der Waals surface area contributed by atoms with Crippen LogP contribution in [0.3, 0.4) is 0 Å². The third-order valence-electron chi connectivity index (χ3n) is 1.84. The summed E-state index contributed by atoms with van der Waals surface area (Å²) in [6, 6.07) is 4.29. The van der Waals surface area contributed by atoms with Gasteiger partial charge in [0.25, 0.3) is 0 Å². The Morgan fingerprint density at radius 1 is 1.43 bits per heavy atom. The number of aromatic hydroxyl groups is 1. The second kappa shape index (κ2) is 4.08. The number of hydrogen-bond acceptors (Lipinski definition) is 4. The van der Waals surface area contributed by atoms with Gasteiger partial charge < -0.3 is 21.1 Å². The molecular weight excluding hydrogens is 186 g/mol. The van der Waals surface area contributed by atoms with Gasteiger partial charge in [0.2, 0.25) is 0 Å². The molecule has 5 heteroatoms. The number of aliphatic hydroxyl groups is 1. The van der Waals surface area contributed by atoms with Crippen molar-refractivity contribution in [1.82, 2.24) is 0 Å². The Bertz CT molecular complexity index is 339. The Balaban J connectivity index is 2.89. The molecule has 2 atom stereocenters. The summed E-state index contributed by atoms with van der Waals surface area (Å²) >= 11 is 0. The van der Waals surface area contributed by atoms with Crippen molar-refractivity contribution in [3.05, 3.63) is 29.8 Å². The first-order valence-corrected chi connectivity index (χ1v) is 3.97. The van der Waals surface area contributed by atoms with Crippen LogP contribution in [0.25, 0.3) is 0 Å². The van der Waals surface area contributed by atoms with Crippen molar-refractivity contribution < 1.29 is 20.1 Å². The van der Waals surface area contributed by atoms with E-state index >= 15 is 0 Å². The highest BCUT2D eigenvalue weighted by Gasteiger charge is 2.23. The van der Waals surface area contributed by atoms with Crippen molar-refractivity contribution in [2.75, 3.05) is 0 Å². The fraction of sp³-hybridized carbons (Fsp3) is 0.222. The quantitative estimate of drug-likeness (QED) is 0.539. The zero-order chi connectivity index (χ0) is 10.7. The van der Waals surface area contributed by atoms with Crippen molar-refractivity contribution in [3.63, 3.8) is 0 Å². The minimum atomic E-state index is -1.39. The molecule has 1 rings (SSSR count). The minimum Gasteiger partial charge on any atom is -0.508 e. The lowest BCUT2D eigenvalue weighted by atomic mass is 10.0. The van der Waals surface area contributed by atoms with Gasteiger partial charge in [-0.2, -0.15) is 0 Å². The van der Waals surface area contributed by atoms with E-state index in [2.05, 4.69) is 0 Å². The van der Waals surface area contributed by atoms with Gasteiger partial charge in [-0.1, -0.05) is 12.1 Å². The largest absolute Gasteiger partial charge is 0.508 e. The van der Waals surface area contributed by atoms with E-state index in [1.54, 1.807) is 0 Å². The molecular formula is C9H11NO4. The number of carbonyl (C=O) groups is 1. The number of rotatable bonds is 3. The van der Waals surface area contributed by atoms with Crippen LogP contribution in [0.4, 0.5) is 0 Å². The highest BCUT2D eigenvalue weighted by molar-refractivity contribution is 5.74. The summed E-state index contributed by atoms with van der Waals surface area (Å²) in [4.78, 5) is 10.5. The maximum atomic E-state index is 10.5. The topological polar surface area (TPSA) is 104 Å². The summed E-state index contributed by atoms with van der Waals surface area (Å²) in [6.07, 6.45) is -1.32. The maximum absolute atomic E-state index is 10.5. The normalized spacial score (nSPS) is 14.7. The van der Waals surface area contributed by atoms with E-state index in [0.29, 0.717) is 0 Å². The number of aliphatic hydroxyl groups excluding tert-OH is 1. The fourth-order valence-corrected chi connectivity index (χ4v) is 1.05. The molecule has 0 fully saturated rings. The molecule has 0 radical (unpaired) electrons. The SMILES string of the molecule is N[C@@H](C(=O)O)[C@@H](O)c1cccc(O)c1. The summed E-state index contributed by atoms with van der Waals surface area (Å²) in [5, 5.41) is 27.1. The molecule has 0 aliphatic carbocycles. The van der Waals surface area contributed by atoms with Crippen molar-refractivity contribution in [2.45, 2.75) is 12.1 Å². The Hall–Kier alpha value is -1.59. The fourth-order valence-electron chi connectivity index (χ4n) is 1.05. The third kappa shape index (κ3) is 2.21. The van der Waals surface area contributed by atoms with Crippen LogP contribution in [0.5, 0.6) is 5.75 Å². The van der Waals surface area contributed by atoms with Crippen molar-refractivity contribution in [1.29, 1.82) is 0 Å². The van der Waals surface area contributed by atoms with Gasteiger partial charge in [0.1, 0.15) is 17.9 Å². The molecule has 0 amide bonds. The van der Waals surface area contributed by atoms with E-state index in [1.807, 2.05) is 0 Å². The van der Waals surface area contributed by atoms with Crippen LogP contribution >= 0.6 is 0 Å². The van der Waals surface area contributed by atoms with E-state index in [9.17, 15) is 9.90 Å². The number of phenolic OH excluding ortho intramolecular Hbond substituents is 1. The zero-order valence-corrected chi connectivity index (χ0v) is 7.29. The summed E-state index contributed by atoms with van der Waals surface area (Å²) in [6.45, 7) is 0. The first kappa shape index (κ1) is 10.5. The average Bonchev–Trinajstić information content (AvgIpc) is 2.15. The predicted molar refractivity (Wildman–Crippen MR) is 48.7 cm³/mol. The first-order valence-electron chi connectivity index (χ1n) is 3.97. The first-order chi connectivity index (χ1) is 6.52. The van der Waals surface area contributed by atoms with Crippen LogP contribution in [0, 0.1) is 0 Å². The summed E-state index contributed by atoms with van der Waals surface area (Å²) in [5.74, 6) is -1.33. The number of aliphatic carboxylic acids is 1. The van der Waals surface area contributed by atoms with Gasteiger partial charge in [0.05, 0.1) is 0 Å². The predicted octanol–water partition coefficient (Wildman–Crippen LogP) is -0.163. The van der Waals surface area contributed by atoms with E-state index in [0.717, 1.165) is 0 Å². The number of nitrogens with two attached hydrogens (primary N) is 1. The van der Waals surface area contributed by atoms with Gasteiger partial charge in [0, 0.05) is 0 Å². The van der Waals surface area contributed by atoms with Gasteiger partial charge >= 0.3 is 5.97 Å². The molecule has 76 valence electrons. The van der Waals surface area contributed by atoms with Crippen LogP contribution in [-0.4, -0.2) is 27.3 Å². The van der Waals surface area contributed by atoms with Crippen molar-refractivity contribution in [3.8, 4) is 5.75 Å². The lowest BCUT2D eigenvalue weighted by molar-refractivity contribution is -0.141. The molecule has 1 aromatic rings. The number of phenols is 1. The molecule has 0 unspecified atom stereocenters. The molecule has 0 aromatic heterocycles. The molecule has 14 heavy (non-hydrogen) atoms. The molecule has 0 saturated heterocycles. The lowest BCUT2D eigenvalue weighted by Crippen LogP contribution is -2.36. The molecule has 0 aliphatic heterocycles. The highest BCUT2D eigenvalue weighted by atomic mass is 16.4. The zero-order valence-electron chi connectivity index (χ0n) is 7.29. The molecule has 0 saturated carbocycles. The number of hydrogen-bond donors (Lipinski definition) is 4. The van der Waals surface area contributed by atoms with Gasteiger partial charge in [-0.25, -0.2) is 0 Å². The Labute approximate surface area is 80.4 Å². The maximum Gasteiger partial charge on any atom is 0.323 e. The number of carboxylic acids is 1. The Morgan fingerprint density at radius 2 is 2.07 bits per heavy atom. The molecule has 0 spiro atoms. The average molecular weight is 197 g/mol. The van der Waals surface area contributed by atoms with E-state index < -0.39 is 18.1 Å². The monoisotopic (exact) mass is 197 g/mol. The van der Waals surface area contributed by atoms with E-state index in [4.69, 9.17) is 15.9 Å². The van der Waals surface area contributed by atoms with E-state index in [-0.39, 0.29) is 11.3 Å². The molecule has 0 aliphatic rings. The lowest BCUT2D eigenvalue weighted by Gasteiger charge is -2.14. The Morgan fingerprint density at radius 3 is 2.57 bits per heavy atom. The van der Waals surface area contributed by atoms with Crippen LogP contribution in [0.2, 0.25) is 0 Å². The molecule has 0 heterocycles. The minimum absolute atomic E-state index is 0.0425. The number of benzene rings is 1. The van der Waals surface area contributed by atoms with Crippen LogP contribution in [0.15, 0.2) is 24.3 Å². The van der Waals surface area contributed by atoms with Crippen LogP contribution in [-0.2, 0) is 4.79 Å². The van der Waals surface area contributed by atoms with Crippen molar-refractivity contribution in [2.24, 2.45) is 5.73 Å². The summed E-state index contributed by atoms with van der Waals surface area (Å²) in [5.41, 5.74) is 5.49. The van der Waals surface area contributed by atoms with Crippen LogP contribution in [0.1, 0.15) is 11.7 Å². The summed E-state index contributed by atoms with van der Waals surface area (Å²) in [7, 11) is 0. The van der Waals surface area contributed by atoms with Gasteiger partial charge in [0.15, 0.2) is 0 Å². The Kier molecular flexibility index (Phi) is 3.06.